The molecular weight excluding hydrogens is 769 g/mol. The highest BCUT2D eigenvalue weighted by molar-refractivity contribution is 6.11. The lowest BCUT2D eigenvalue weighted by atomic mass is 9.82. The van der Waals surface area contributed by atoms with Crippen LogP contribution in [0, 0.1) is 59.2 Å². The van der Waals surface area contributed by atoms with Crippen LogP contribution < -0.4 is 0 Å². The molecule has 0 bridgehead atoms. The molecule has 0 atom stereocenters. The van der Waals surface area contributed by atoms with Gasteiger partial charge in [-0.15, -0.1) is 45.2 Å². The Morgan fingerprint density at radius 2 is 0.406 bits per heavy atom. The van der Waals surface area contributed by atoms with Crippen molar-refractivity contribution in [2.24, 2.45) is 0 Å². The van der Waals surface area contributed by atoms with E-state index in [0.717, 1.165) is 66.8 Å². The zero-order valence-electron chi connectivity index (χ0n) is 34.8. The molecule has 0 fully saturated rings. The summed E-state index contributed by atoms with van der Waals surface area (Å²) in [5, 5.41) is 4.11. The zero-order valence-corrected chi connectivity index (χ0v) is 34.8. The van der Waals surface area contributed by atoms with Crippen LogP contribution in [0.2, 0.25) is 0 Å². The van der Waals surface area contributed by atoms with E-state index in [9.17, 15) is 0 Å². The molecule has 294 valence electrons. The summed E-state index contributed by atoms with van der Waals surface area (Å²) in [4.78, 5) is 0. The third-order valence-electron chi connectivity index (χ3n) is 11.8. The lowest BCUT2D eigenvalue weighted by Crippen LogP contribution is -2.04. The maximum atomic E-state index is 3.60. The number of hydrogen-bond donors (Lipinski definition) is 0. The van der Waals surface area contributed by atoms with Gasteiger partial charge in [0.15, 0.2) is 0 Å². The van der Waals surface area contributed by atoms with Crippen molar-refractivity contribution in [3.8, 4) is 91.9 Å². The van der Waals surface area contributed by atoms with E-state index in [1.165, 1.54) is 44.5 Å². The molecule has 0 radical (unpaired) electrons. The molecule has 0 N–H and O–H groups in total. The monoisotopic (exact) mass is 804 g/mol. The summed E-state index contributed by atoms with van der Waals surface area (Å²) < 4.78 is 0. The second kappa shape index (κ2) is 16.8. The van der Waals surface area contributed by atoms with Gasteiger partial charge in [0.05, 0.1) is 0 Å². The quantitative estimate of drug-likeness (QED) is 0.0928. The molecule has 0 aliphatic heterocycles. The summed E-state index contributed by atoms with van der Waals surface area (Å²) in [6.45, 7) is 0. The van der Waals surface area contributed by atoms with Gasteiger partial charge < -0.3 is 0 Å². The highest BCUT2D eigenvalue weighted by Gasteiger charge is 2.14. The molecule has 0 heterocycles. The topological polar surface area (TPSA) is 0 Å². The Hall–Kier alpha value is -9.04. The van der Waals surface area contributed by atoms with Crippen LogP contribution in [-0.4, -0.2) is 0 Å². The highest BCUT2D eigenvalue weighted by atomic mass is 14.2. The zero-order chi connectivity index (χ0) is 42.7. The largest absolute Gasteiger partial charge is 0.153 e. The SMILES string of the molecule is C(#C[C-](C#Cc1ccc2cccc-2cc1)c1c2ccccc2c([C-](C#Cc2ccc3cccc-3cc2)C#Cc2ccc3cccc-3cc2)c2ccccc12)c1ccc2cccc-2cc1. The van der Waals surface area contributed by atoms with Gasteiger partial charge in [0.2, 0.25) is 0 Å². The maximum absolute atomic E-state index is 3.60. The number of rotatable bonds is 2. The van der Waals surface area contributed by atoms with Crippen molar-refractivity contribution in [1.29, 1.82) is 0 Å². The molecule has 64 heavy (non-hydrogen) atoms. The first-order valence-electron chi connectivity index (χ1n) is 21.4. The van der Waals surface area contributed by atoms with E-state index >= 15 is 0 Å². The molecule has 0 heteroatoms. The van der Waals surface area contributed by atoms with Crippen LogP contribution in [-0.2, 0) is 0 Å². The Labute approximate surface area is 375 Å². The number of benzene rings is 3. The smallest absolute Gasteiger partial charge is 0.000174 e. The minimum atomic E-state index is 0.736. The molecule has 0 amide bonds. The standard InChI is InChI=1S/C64H36/c1-2-18-60-59(17-1)63(57(41-29-45-21-33-49-9-5-10-50(49)34-22-45)42-30-46-23-35-51-11-6-12-52(51)36-24-46)61-19-3-4-20-62(61)64(60)58(43-31-47-25-37-53-13-7-14-54(53)38-26-47)44-32-48-27-39-55-15-8-16-56(55)40-28-48/h1-28,33-40H/q-2. The average molecular weight is 805 g/mol. The van der Waals surface area contributed by atoms with Gasteiger partial charge in [0, 0.05) is 0 Å². The van der Waals surface area contributed by atoms with E-state index in [0.29, 0.717) is 0 Å². The third kappa shape index (κ3) is 7.62. The Kier molecular flexibility index (Phi) is 9.95. The Morgan fingerprint density at radius 1 is 0.203 bits per heavy atom. The Balaban J connectivity index is 1.12. The van der Waals surface area contributed by atoms with Crippen molar-refractivity contribution < 1.29 is 0 Å². The van der Waals surface area contributed by atoms with Crippen molar-refractivity contribution in [1.82, 2.24) is 0 Å². The van der Waals surface area contributed by atoms with Crippen LogP contribution in [0.25, 0.3) is 66.1 Å². The van der Waals surface area contributed by atoms with Crippen LogP contribution in [0.4, 0.5) is 0 Å². The van der Waals surface area contributed by atoms with E-state index in [-0.39, 0.29) is 0 Å². The summed E-state index contributed by atoms with van der Waals surface area (Å²) >= 11 is 0. The minimum Gasteiger partial charge on any atom is -0.153 e. The van der Waals surface area contributed by atoms with Gasteiger partial charge in [-0.05, 0) is 78.6 Å². The summed E-state index contributed by atoms with van der Waals surface area (Å²) in [5.41, 5.74) is 15.1. The van der Waals surface area contributed by atoms with Gasteiger partial charge >= 0.3 is 0 Å². The fourth-order valence-electron chi connectivity index (χ4n) is 8.52. The van der Waals surface area contributed by atoms with Crippen molar-refractivity contribution in [2.75, 3.05) is 0 Å². The molecule has 8 aliphatic rings. The second-order valence-electron chi connectivity index (χ2n) is 15.8. The summed E-state index contributed by atoms with van der Waals surface area (Å²) in [6.07, 6.45) is 0. The van der Waals surface area contributed by atoms with Gasteiger partial charge in [-0.1, -0.05) is 230 Å². The molecule has 8 aliphatic carbocycles. The molecule has 3 aromatic carbocycles. The first kappa shape index (κ1) is 37.9. The Bertz CT molecular complexity index is 3060. The number of hydrogen-bond acceptors (Lipinski definition) is 0. The van der Waals surface area contributed by atoms with Gasteiger partial charge in [-0.25, -0.2) is 0 Å². The van der Waals surface area contributed by atoms with E-state index < -0.39 is 0 Å². The highest BCUT2D eigenvalue weighted by Crippen LogP contribution is 2.40. The van der Waals surface area contributed by atoms with Crippen LogP contribution in [0.5, 0.6) is 0 Å². The normalized spacial score (nSPS) is 10.6. The van der Waals surface area contributed by atoms with E-state index in [2.05, 4.69) is 266 Å². The molecule has 0 saturated carbocycles. The molecule has 3 aromatic rings. The first-order chi connectivity index (χ1) is 31.7. The Morgan fingerprint density at radius 3 is 0.609 bits per heavy atom. The van der Waals surface area contributed by atoms with Crippen molar-refractivity contribution in [3.63, 3.8) is 0 Å². The molecular formula is C64H36-2. The molecule has 0 nitrogen and oxygen atoms in total. The van der Waals surface area contributed by atoms with Gasteiger partial charge in [-0.3, -0.25) is 0 Å². The summed E-state index contributed by atoms with van der Waals surface area (Å²) in [7, 11) is 0. The lowest BCUT2D eigenvalue weighted by molar-refractivity contribution is 1.47. The van der Waals surface area contributed by atoms with Gasteiger partial charge in [0.1, 0.15) is 0 Å². The van der Waals surface area contributed by atoms with Crippen LogP contribution in [0.3, 0.4) is 0 Å². The molecule has 0 unspecified atom stereocenters. The van der Waals surface area contributed by atoms with Crippen LogP contribution in [0.1, 0.15) is 33.4 Å². The lowest BCUT2D eigenvalue weighted by Gasteiger charge is -2.28. The van der Waals surface area contributed by atoms with Crippen molar-refractivity contribution in [3.05, 3.63) is 264 Å². The minimum absolute atomic E-state index is 0.736. The predicted molar refractivity (Wildman–Crippen MR) is 266 cm³/mol. The van der Waals surface area contributed by atoms with Crippen molar-refractivity contribution in [2.45, 2.75) is 0 Å². The molecule has 0 aromatic heterocycles. The number of fused-ring (bicyclic) bond motifs is 6. The van der Waals surface area contributed by atoms with Crippen LogP contribution in [0.15, 0.2) is 218 Å². The third-order valence-corrected chi connectivity index (χ3v) is 11.8. The molecule has 0 saturated heterocycles. The average Bonchev–Trinajstić information content (AvgIpc) is 4.10. The molecule has 11 rings (SSSR count). The summed E-state index contributed by atoms with van der Waals surface area (Å²) in [6, 6.07) is 76.2. The second-order valence-corrected chi connectivity index (χ2v) is 15.8. The maximum Gasteiger partial charge on any atom is -0.000174 e. The molecule has 0 spiro atoms. The first-order valence-corrected chi connectivity index (χ1v) is 21.4. The van der Waals surface area contributed by atoms with E-state index in [1.54, 1.807) is 0 Å². The van der Waals surface area contributed by atoms with E-state index in [1.807, 2.05) is 0 Å². The van der Waals surface area contributed by atoms with E-state index in [4.69, 9.17) is 0 Å². The van der Waals surface area contributed by atoms with Gasteiger partial charge in [-0.2, -0.15) is 23.7 Å². The van der Waals surface area contributed by atoms with Gasteiger partial charge in [0.25, 0.3) is 0 Å². The fourth-order valence-corrected chi connectivity index (χ4v) is 8.52. The predicted octanol–water partition coefficient (Wildman–Crippen LogP) is 14.5. The fraction of sp³-hybridized carbons (Fsp3) is 0. The summed E-state index contributed by atoms with van der Waals surface area (Å²) in [5.74, 6) is 30.0. The van der Waals surface area contributed by atoms with Crippen molar-refractivity contribution >= 4 is 21.5 Å². The van der Waals surface area contributed by atoms with Crippen LogP contribution >= 0.6 is 0 Å².